The minimum Gasteiger partial charge on any atom is -0.279 e. The van der Waals surface area contributed by atoms with Crippen LogP contribution in [0.5, 0.6) is 0 Å². The molecule has 0 radical (unpaired) electrons. The number of nitrogens with zero attached hydrogens (tertiary/aromatic N) is 2. The maximum atomic E-state index is 14.3. The van der Waals surface area contributed by atoms with E-state index in [4.69, 9.17) is 11.6 Å². The van der Waals surface area contributed by atoms with Gasteiger partial charge in [0, 0.05) is 16.0 Å². The Kier molecular flexibility index (Phi) is 5.69. The molecule has 29 heavy (non-hydrogen) atoms. The lowest BCUT2D eigenvalue weighted by molar-refractivity contribution is 0.0981. The summed E-state index contributed by atoms with van der Waals surface area (Å²) in [7, 11) is 0. The molecule has 1 aromatic heterocycles. The van der Waals surface area contributed by atoms with Crippen LogP contribution in [0.3, 0.4) is 0 Å². The molecule has 144 valence electrons. The van der Waals surface area contributed by atoms with Crippen LogP contribution in [0.4, 0.5) is 9.52 Å². The fourth-order valence-corrected chi connectivity index (χ4v) is 3.87. The molecule has 0 N–H and O–H groups in total. The molecule has 1 amide bonds. The van der Waals surface area contributed by atoms with Gasteiger partial charge in [0.2, 0.25) is 0 Å². The van der Waals surface area contributed by atoms with E-state index in [0.29, 0.717) is 16.7 Å². The molecular weight excluding hydrogens is 407 g/mol. The Balaban J connectivity index is 1.71. The van der Waals surface area contributed by atoms with Gasteiger partial charge in [-0.15, -0.1) is 11.3 Å². The Labute approximate surface area is 177 Å². The van der Waals surface area contributed by atoms with Crippen molar-refractivity contribution >= 4 is 34.0 Å². The highest BCUT2D eigenvalue weighted by Crippen LogP contribution is 2.30. The number of aromatic nitrogens is 1. The third kappa shape index (κ3) is 4.36. The van der Waals surface area contributed by atoms with Crippen LogP contribution in [0, 0.1) is 5.82 Å². The number of amides is 1. The van der Waals surface area contributed by atoms with Crippen molar-refractivity contribution in [3.63, 3.8) is 0 Å². The summed E-state index contributed by atoms with van der Waals surface area (Å²) in [4.78, 5) is 19.3. The van der Waals surface area contributed by atoms with Gasteiger partial charge in [0.25, 0.3) is 5.91 Å². The van der Waals surface area contributed by atoms with Gasteiger partial charge in [0.05, 0.1) is 17.8 Å². The van der Waals surface area contributed by atoms with Gasteiger partial charge in [-0.1, -0.05) is 66.2 Å². The van der Waals surface area contributed by atoms with Gasteiger partial charge in [-0.05, 0) is 29.8 Å². The van der Waals surface area contributed by atoms with Gasteiger partial charge in [-0.3, -0.25) is 9.69 Å². The quantitative estimate of drug-likeness (QED) is 0.370. The molecule has 0 bridgehead atoms. The van der Waals surface area contributed by atoms with Crippen molar-refractivity contribution in [2.24, 2.45) is 0 Å². The number of hydrogen-bond acceptors (Lipinski definition) is 3. The molecule has 0 atom stereocenters. The maximum absolute atomic E-state index is 14.3. The van der Waals surface area contributed by atoms with Crippen LogP contribution in [0.2, 0.25) is 5.02 Å². The largest absolute Gasteiger partial charge is 0.279 e. The van der Waals surface area contributed by atoms with E-state index in [1.165, 1.54) is 28.4 Å². The van der Waals surface area contributed by atoms with Crippen LogP contribution < -0.4 is 4.90 Å². The zero-order valence-electron chi connectivity index (χ0n) is 15.3. The molecule has 4 aromatic rings. The average Bonchev–Trinajstić information content (AvgIpc) is 3.23. The van der Waals surface area contributed by atoms with Crippen LogP contribution in [0.15, 0.2) is 84.2 Å². The number of rotatable bonds is 5. The van der Waals surface area contributed by atoms with Crippen LogP contribution in [-0.4, -0.2) is 10.9 Å². The van der Waals surface area contributed by atoms with Gasteiger partial charge >= 0.3 is 0 Å². The minimum absolute atomic E-state index is 0.0201. The second-order valence-corrected chi connectivity index (χ2v) is 7.65. The SMILES string of the molecule is O=C(c1ccccc1F)N(Cc1ccccc1)c1nc(-c2ccc(Cl)cc2)cs1. The highest BCUT2D eigenvalue weighted by atomic mass is 35.5. The maximum Gasteiger partial charge on any atom is 0.263 e. The van der Waals surface area contributed by atoms with Gasteiger partial charge in [-0.25, -0.2) is 9.37 Å². The molecule has 0 aliphatic heterocycles. The predicted molar refractivity (Wildman–Crippen MR) is 116 cm³/mol. The zero-order valence-corrected chi connectivity index (χ0v) is 16.8. The summed E-state index contributed by atoms with van der Waals surface area (Å²) < 4.78 is 14.3. The normalized spacial score (nSPS) is 10.7. The summed E-state index contributed by atoms with van der Waals surface area (Å²) in [5.41, 5.74) is 2.59. The lowest BCUT2D eigenvalue weighted by Gasteiger charge is -2.20. The predicted octanol–water partition coefficient (Wildman–Crippen LogP) is 6.45. The molecule has 3 nitrogen and oxygen atoms in total. The molecule has 0 spiro atoms. The number of benzene rings is 3. The van der Waals surface area contributed by atoms with Crippen molar-refractivity contribution in [2.75, 3.05) is 4.90 Å². The van der Waals surface area contributed by atoms with E-state index in [-0.39, 0.29) is 5.56 Å². The lowest BCUT2D eigenvalue weighted by Crippen LogP contribution is -2.31. The molecule has 0 unspecified atom stereocenters. The zero-order chi connectivity index (χ0) is 20.2. The van der Waals surface area contributed by atoms with E-state index in [1.807, 2.05) is 47.8 Å². The second-order valence-electron chi connectivity index (χ2n) is 6.38. The van der Waals surface area contributed by atoms with E-state index >= 15 is 0 Å². The van der Waals surface area contributed by atoms with Crippen molar-refractivity contribution in [1.82, 2.24) is 4.98 Å². The van der Waals surface area contributed by atoms with E-state index in [2.05, 4.69) is 4.98 Å². The highest BCUT2D eigenvalue weighted by molar-refractivity contribution is 7.14. The molecular formula is C23H16ClFN2OS. The number of carbonyl (C=O) groups is 1. The van der Waals surface area contributed by atoms with E-state index in [1.54, 1.807) is 24.3 Å². The molecule has 4 rings (SSSR count). The van der Waals surface area contributed by atoms with Crippen molar-refractivity contribution in [2.45, 2.75) is 6.54 Å². The second kappa shape index (κ2) is 8.55. The Morgan fingerprint density at radius 3 is 2.38 bits per heavy atom. The summed E-state index contributed by atoms with van der Waals surface area (Å²) in [6.45, 7) is 0.293. The third-order valence-electron chi connectivity index (χ3n) is 4.40. The van der Waals surface area contributed by atoms with Crippen LogP contribution in [-0.2, 0) is 6.54 Å². The number of anilines is 1. The summed E-state index contributed by atoms with van der Waals surface area (Å²) in [6, 6.07) is 22.9. The van der Waals surface area contributed by atoms with Crippen LogP contribution >= 0.6 is 22.9 Å². The first-order valence-corrected chi connectivity index (χ1v) is 10.2. The van der Waals surface area contributed by atoms with Crippen molar-refractivity contribution in [3.05, 3.63) is 106 Å². The Morgan fingerprint density at radius 1 is 0.966 bits per heavy atom. The molecule has 0 saturated carbocycles. The van der Waals surface area contributed by atoms with Gasteiger partial charge in [0.1, 0.15) is 5.82 Å². The molecule has 0 aliphatic carbocycles. The molecule has 0 aliphatic rings. The van der Waals surface area contributed by atoms with Crippen molar-refractivity contribution in [1.29, 1.82) is 0 Å². The topological polar surface area (TPSA) is 33.2 Å². The Bertz CT molecular complexity index is 1130. The molecule has 6 heteroatoms. The summed E-state index contributed by atoms with van der Waals surface area (Å²) in [5.74, 6) is -0.978. The van der Waals surface area contributed by atoms with Gasteiger partial charge < -0.3 is 0 Å². The fraction of sp³-hybridized carbons (Fsp3) is 0.0435. The molecule has 0 saturated heterocycles. The van der Waals surface area contributed by atoms with Gasteiger partial charge in [-0.2, -0.15) is 0 Å². The monoisotopic (exact) mass is 422 g/mol. The number of hydrogen-bond donors (Lipinski definition) is 0. The van der Waals surface area contributed by atoms with Crippen LogP contribution in [0.25, 0.3) is 11.3 Å². The standard InChI is InChI=1S/C23H16ClFN2OS/c24-18-12-10-17(11-13-18)21-15-29-23(26-21)27(14-16-6-2-1-3-7-16)22(28)19-8-4-5-9-20(19)25/h1-13,15H,14H2. The summed E-state index contributed by atoms with van der Waals surface area (Å²) in [5, 5.41) is 3.03. The summed E-state index contributed by atoms with van der Waals surface area (Å²) >= 11 is 7.31. The highest BCUT2D eigenvalue weighted by Gasteiger charge is 2.23. The lowest BCUT2D eigenvalue weighted by atomic mass is 10.1. The first kappa shape index (κ1) is 19.3. The molecule has 3 aromatic carbocycles. The smallest absolute Gasteiger partial charge is 0.263 e. The first-order chi connectivity index (χ1) is 14.1. The number of halogens is 2. The number of carbonyl (C=O) groups excluding carboxylic acids is 1. The molecule has 1 heterocycles. The Hall–Kier alpha value is -3.02. The first-order valence-electron chi connectivity index (χ1n) is 8.93. The average molecular weight is 423 g/mol. The van der Waals surface area contributed by atoms with Crippen molar-refractivity contribution in [3.8, 4) is 11.3 Å². The third-order valence-corrected chi connectivity index (χ3v) is 5.51. The molecule has 0 fully saturated rings. The minimum atomic E-state index is -0.551. The number of thiazole rings is 1. The fourth-order valence-electron chi connectivity index (χ4n) is 2.91. The van der Waals surface area contributed by atoms with Gasteiger partial charge in [0.15, 0.2) is 5.13 Å². The van der Waals surface area contributed by atoms with Crippen molar-refractivity contribution < 1.29 is 9.18 Å². The summed E-state index contributed by atoms with van der Waals surface area (Å²) in [6.07, 6.45) is 0. The Morgan fingerprint density at radius 2 is 1.66 bits per heavy atom. The van der Waals surface area contributed by atoms with E-state index in [9.17, 15) is 9.18 Å². The van der Waals surface area contributed by atoms with Crippen LogP contribution in [0.1, 0.15) is 15.9 Å². The van der Waals surface area contributed by atoms with E-state index < -0.39 is 11.7 Å². The van der Waals surface area contributed by atoms with E-state index in [0.717, 1.165) is 16.8 Å².